The molecule has 2 aromatic carbocycles. The number of unbranched alkanes of at least 4 members (excludes halogenated alkanes) is 1. The molecule has 1 heterocycles. The molecule has 0 saturated heterocycles. The quantitative estimate of drug-likeness (QED) is 0.354. The van der Waals surface area contributed by atoms with Gasteiger partial charge in [0.1, 0.15) is 5.82 Å². The number of alkyl halides is 2. The van der Waals surface area contributed by atoms with Crippen molar-refractivity contribution in [1.29, 1.82) is 5.26 Å². The Hall–Kier alpha value is -4.19. The highest BCUT2D eigenvalue weighted by Crippen LogP contribution is 2.44. The molecule has 0 radical (unpaired) electrons. The maximum atomic E-state index is 13.5. The SMILES string of the molecule is CCCCOC(=O)C1=C(N)N(c2cccc(C(F)F)c2)C(C)=C(C(=O)OCC)C1c1ccc(C#N)cc1. The van der Waals surface area contributed by atoms with E-state index >= 15 is 0 Å². The van der Waals surface area contributed by atoms with Crippen molar-refractivity contribution < 1.29 is 27.8 Å². The van der Waals surface area contributed by atoms with Gasteiger partial charge in [-0.1, -0.05) is 37.6 Å². The summed E-state index contributed by atoms with van der Waals surface area (Å²) in [6, 6.07) is 14.0. The standard InChI is InChI=1S/C28H29F2N3O4/c1-4-6-14-37-28(35)24-23(19-12-10-18(16-31)11-13-19)22(27(34)36-5-2)17(3)33(26(24)32)21-9-7-8-20(15-21)25(29)30/h7-13,15,23,25H,4-6,14,32H2,1-3H3. The third-order valence-corrected chi connectivity index (χ3v) is 6.02. The summed E-state index contributed by atoms with van der Waals surface area (Å²) in [5, 5.41) is 9.22. The topological polar surface area (TPSA) is 106 Å². The van der Waals surface area contributed by atoms with Gasteiger partial charge in [-0.3, -0.25) is 0 Å². The van der Waals surface area contributed by atoms with Crippen molar-refractivity contribution in [3.05, 3.63) is 87.9 Å². The maximum absolute atomic E-state index is 13.5. The van der Waals surface area contributed by atoms with E-state index < -0.39 is 24.3 Å². The molecule has 7 nitrogen and oxygen atoms in total. The van der Waals surface area contributed by atoms with Gasteiger partial charge in [0, 0.05) is 16.9 Å². The van der Waals surface area contributed by atoms with Crippen LogP contribution in [0.25, 0.3) is 0 Å². The summed E-state index contributed by atoms with van der Waals surface area (Å²) in [4.78, 5) is 28.1. The Balaban J connectivity index is 2.29. The van der Waals surface area contributed by atoms with Gasteiger partial charge >= 0.3 is 11.9 Å². The smallest absolute Gasteiger partial charge is 0.338 e. The van der Waals surface area contributed by atoms with E-state index in [2.05, 4.69) is 0 Å². The molecule has 3 rings (SSSR count). The molecule has 0 amide bonds. The second-order valence-electron chi connectivity index (χ2n) is 8.41. The van der Waals surface area contributed by atoms with E-state index in [1.165, 1.54) is 23.1 Å². The monoisotopic (exact) mass is 509 g/mol. The highest BCUT2D eigenvalue weighted by molar-refractivity contribution is 6.01. The summed E-state index contributed by atoms with van der Waals surface area (Å²) >= 11 is 0. The molecule has 1 atom stereocenters. The molecule has 0 spiro atoms. The van der Waals surface area contributed by atoms with E-state index in [-0.39, 0.29) is 41.4 Å². The minimum absolute atomic E-state index is 0.0167. The number of nitrogens with zero attached hydrogens (tertiary/aromatic N) is 2. The molecule has 194 valence electrons. The van der Waals surface area contributed by atoms with Crippen molar-refractivity contribution in [2.75, 3.05) is 18.1 Å². The number of allylic oxidation sites excluding steroid dienone is 1. The van der Waals surface area contributed by atoms with Crippen LogP contribution in [0.2, 0.25) is 0 Å². The lowest BCUT2D eigenvalue weighted by Crippen LogP contribution is -2.39. The van der Waals surface area contributed by atoms with Gasteiger partial charge in [-0.15, -0.1) is 0 Å². The summed E-state index contributed by atoms with van der Waals surface area (Å²) in [5.41, 5.74) is 7.93. The van der Waals surface area contributed by atoms with Crippen molar-refractivity contribution in [3.63, 3.8) is 0 Å². The lowest BCUT2D eigenvalue weighted by atomic mass is 9.80. The lowest BCUT2D eigenvalue weighted by Gasteiger charge is -2.37. The van der Waals surface area contributed by atoms with Gasteiger partial charge in [-0.2, -0.15) is 5.26 Å². The van der Waals surface area contributed by atoms with Crippen LogP contribution in [0.1, 0.15) is 62.6 Å². The number of hydrogen-bond acceptors (Lipinski definition) is 7. The van der Waals surface area contributed by atoms with Gasteiger partial charge in [0.2, 0.25) is 0 Å². The molecule has 0 saturated carbocycles. The van der Waals surface area contributed by atoms with Crippen molar-refractivity contribution in [2.45, 2.75) is 46.0 Å². The number of halogens is 2. The second kappa shape index (κ2) is 12.2. The largest absolute Gasteiger partial charge is 0.463 e. The Kier molecular flexibility index (Phi) is 9.01. The fourth-order valence-electron chi connectivity index (χ4n) is 4.22. The summed E-state index contributed by atoms with van der Waals surface area (Å²) in [5.74, 6) is -2.43. The van der Waals surface area contributed by atoms with Gasteiger partial charge in [0.05, 0.1) is 41.9 Å². The molecule has 1 unspecified atom stereocenters. The second-order valence-corrected chi connectivity index (χ2v) is 8.41. The third-order valence-electron chi connectivity index (χ3n) is 6.02. The average molecular weight is 510 g/mol. The first kappa shape index (κ1) is 27.4. The predicted molar refractivity (Wildman–Crippen MR) is 134 cm³/mol. The zero-order chi connectivity index (χ0) is 27.1. The number of carbonyl (C=O) groups excluding carboxylic acids is 2. The Morgan fingerprint density at radius 1 is 1.08 bits per heavy atom. The molecular formula is C28H29F2N3O4. The van der Waals surface area contributed by atoms with E-state index in [0.717, 1.165) is 6.42 Å². The van der Waals surface area contributed by atoms with Crippen LogP contribution in [0.5, 0.6) is 0 Å². The molecule has 0 aliphatic carbocycles. The van der Waals surface area contributed by atoms with Gasteiger partial charge < -0.3 is 20.1 Å². The van der Waals surface area contributed by atoms with E-state index in [0.29, 0.717) is 23.2 Å². The number of hydrogen-bond donors (Lipinski definition) is 1. The Morgan fingerprint density at radius 3 is 2.35 bits per heavy atom. The third kappa shape index (κ3) is 5.80. The number of carbonyl (C=O) groups is 2. The molecule has 37 heavy (non-hydrogen) atoms. The summed E-state index contributed by atoms with van der Waals surface area (Å²) in [7, 11) is 0. The van der Waals surface area contributed by atoms with Crippen molar-refractivity contribution in [2.24, 2.45) is 5.73 Å². The van der Waals surface area contributed by atoms with E-state index in [4.69, 9.17) is 15.2 Å². The molecule has 1 aliphatic heterocycles. The van der Waals surface area contributed by atoms with E-state index in [1.807, 2.05) is 13.0 Å². The molecule has 9 heteroatoms. The zero-order valence-corrected chi connectivity index (χ0v) is 21.0. The van der Waals surface area contributed by atoms with Crippen LogP contribution in [0, 0.1) is 11.3 Å². The van der Waals surface area contributed by atoms with Crippen molar-refractivity contribution in [3.8, 4) is 6.07 Å². The van der Waals surface area contributed by atoms with Crippen LogP contribution < -0.4 is 10.6 Å². The number of ether oxygens (including phenoxy) is 2. The van der Waals surface area contributed by atoms with Crippen LogP contribution in [0.3, 0.4) is 0 Å². The van der Waals surface area contributed by atoms with Crippen LogP contribution in [0.15, 0.2) is 71.2 Å². The first-order valence-corrected chi connectivity index (χ1v) is 12.0. The number of nitriles is 1. The number of anilines is 1. The molecule has 0 fully saturated rings. The molecule has 2 N–H and O–H groups in total. The van der Waals surface area contributed by atoms with E-state index in [9.17, 15) is 23.6 Å². The van der Waals surface area contributed by atoms with Crippen LogP contribution in [-0.4, -0.2) is 25.2 Å². The Labute approximate surface area is 214 Å². The molecule has 1 aliphatic rings. The number of rotatable bonds is 9. The highest BCUT2D eigenvalue weighted by atomic mass is 19.3. The normalized spacial score (nSPS) is 15.6. The minimum atomic E-state index is -2.73. The van der Waals surface area contributed by atoms with E-state index in [1.54, 1.807) is 44.2 Å². The van der Waals surface area contributed by atoms with Crippen molar-refractivity contribution in [1.82, 2.24) is 0 Å². The predicted octanol–water partition coefficient (Wildman–Crippen LogP) is 5.45. The van der Waals surface area contributed by atoms with Gasteiger partial charge in [0.25, 0.3) is 6.43 Å². The molecular weight excluding hydrogens is 480 g/mol. The van der Waals surface area contributed by atoms with Crippen LogP contribution >= 0.6 is 0 Å². The molecule has 2 aromatic rings. The zero-order valence-electron chi connectivity index (χ0n) is 21.0. The van der Waals surface area contributed by atoms with Gasteiger partial charge in [0.15, 0.2) is 0 Å². The number of benzene rings is 2. The van der Waals surface area contributed by atoms with Gasteiger partial charge in [-0.05, 0) is 50.1 Å². The first-order valence-electron chi connectivity index (χ1n) is 12.0. The van der Waals surface area contributed by atoms with Gasteiger partial charge in [-0.25, -0.2) is 18.4 Å². The fraction of sp³-hybridized carbons (Fsp3) is 0.321. The summed E-state index contributed by atoms with van der Waals surface area (Å²) in [6.07, 6.45) is -1.31. The van der Waals surface area contributed by atoms with Crippen LogP contribution in [-0.2, 0) is 19.1 Å². The van der Waals surface area contributed by atoms with Crippen LogP contribution in [0.4, 0.5) is 14.5 Å². The summed E-state index contributed by atoms with van der Waals surface area (Å²) in [6.45, 7) is 5.44. The number of nitrogens with two attached hydrogens (primary N) is 1. The first-order chi connectivity index (χ1) is 17.7. The molecule has 0 aromatic heterocycles. The lowest BCUT2D eigenvalue weighted by molar-refractivity contribution is -0.139. The summed E-state index contributed by atoms with van der Waals surface area (Å²) < 4.78 is 37.8. The average Bonchev–Trinajstić information content (AvgIpc) is 2.88. The maximum Gasteiger partial charge on any atom is 0.338 e. The van der Waals surface area contributed by atoms with Crippen molar-refractivity contribution >= 4 is 17.6 Å². The minimum Gasteiger partial charge on any atom is -0.463 e. The highest BCUT2D eigenvalue weighted by Gasteiger charge is 2.41. The fourth-order valence-corrected chi connectivity index (χ4v) is 4.22. The Morgan fingerprint density at radius 2 is 1.76 bits per heavy atom. The number of esters is 2. The molecule has 0 bridgehead atoms. The Bertz CT molecular complexity index is 1260.